The number of nitrogens with two attached hydrogens (primary N) is 1. The molecule has 1 aliphatic carbocycles. The number of carbonyl (C=O) groups excluding carboxylic acids is 1. The molecule has 1 aromatic rings. The Balaban J connectivity index is 1.67. The average Bonchev–Trinajstić information content (AvgIpc) is 3.07. The van der Waals surface area contributed by atoms with Gasteiger partial charge in [0.05, 0.1) is 6.54 Å². The van der Waals surface area contributed by atoms with Crippen molar-refractivity contribution in [1.82, 2.24) is 15.5 Å². The largest absolute Gasteiger partial charge is 0.359 e. The van der Waals surface area contributed by atoms with E-state index in [1.165, 1.54) is 32.1 Å². The van der Waals surface area contributed by atoms with Gasteiger partial charge < -0.3 is 4.52 Å². The Morgan fingerprint density at radius 1 is 1.47 bits per heavy atom. The topological polar surface area (TPSA) is 84.4 Å². The first-order valence-electron chi connectivity index (χ1n) is 6.98. The van der Waals surface area contributed by atoms with Crippen molar-refractivity contribution < 1.29 is 9.32 Å². The first kappa shape index (κ1) is 12.6. The molecule has 2 heterocycles. The number of fused-ring (bicyclic) bond motifs is 1. The van der Waals surface area contributed by atoms with Gasteiger partial charge in [-0.2, -0.15) is 0 Å². The van der Waals surface area contributed by atoms with Crippen LogP contribution in [-0.2, 0) is 6.54 Å². The molecule has 3 N–H and O–H groups in total. The van der Waals surface area contributed by atoms with Crippen molar-refractivity contribution in [3.05, 3.63) is 17.5 Å². The molecule has 3 rings (SSSR count). The average molecular weight is 264 g/mol. The number of nitrogens with zero attached hydrogens (tertiary/aromatic N) is 2. The van der Waals surface area contributed by atoms with Crippen LogP contribution < -0.4 is 11.3 Å². The van der Waals surface area contributed by atoms with Gasteiger partial charge in [-0.1, -0.05) is 11.6 Å². The maximum Gasteiger partial charge on any atom is 0.287 e. The predicted octanol–water partition coefficient (Wildman–Crippen LogP) is 1.04. The Labute approximate surface area is 112 Å². The predicted molar refractivity (Wildman–Crippen MR) is 68.9 cm³/mol. The molecule has 1 amide bonds. The number of nitrogen functional groups attached to an aromatic ring is 1. The molecule has 1 aliphatic heterocycles. The second kappa shape index (κ2) is 5.30. The molecule has 1 saturated heterocycles. The van der Waals surface area contributed by atoms with E-state index >= 15 is 0 Å². The van der Waals surface area contributed by atoms with Crippen LogP contribution in [0.1, 0.15) is 48.4 Å². The zero-order chi connectivity index (χ0) is 13.2. The highest BCUT2D eigenvalue weighted by Gasteiger charge is 2.35. The Kier molecular flexibility index (Phi) is 3.52. The monoisotopic (exact) mass is 264 g/mol. The van der Waals surface area contributed by atoms with Crippen molar-refractivity contribution in [3.63, 3.8) is 0 Å². The zero-order valence-electron chi connectivity index (χ0n) is 11.0. The lowest BCUT2D eigenvalue weighted by molar-refractivity contribution is 0.0933. The zero-order valence-corrected chi connectivity index (χ0v) is 11.0. The minimum atomic E-state index is -0.410. The molecule has 0 aromatic carbocycles. The Morgan fingerprint density at radius 3 is 3.16 bits per heavy atom. The van der Waals surface area contributed by atoms with Crippen LogP contribution in [-0.4, -0.2) is 28.6 Å². The van der Waals surface area contributed by atoms with Crippen LogP contribution in [0, 0.1) is 5.92 Å². The maximum absolute atomic E-state index is 11.3. The van der Waals surface area contributed by atoms with Crippen LogP contribution in [0.2, 0.25) is 0 Å². The highest BCUT2D eigenvalue weighted by Crippen LogP contribution is 2.37. The molecule has 104 valence electrons. The Hall–Kier alpha value is -1.40. The summed E-state index contributed by atoms with van der Waals surface area (Å²) >= 11 is 0. The molecule has 19 heavy (non-hydrogen) atoms. The molecule has 0 radical (unpaired) electrons. The van der Waals surface area contributed by atoms with E-state index < -0.39 is 5.91 Å². The fourth-order valence-corrected chi connectivity index (χ4v) is 3.52. The molecule has 0 spiro atoms. The molecule has 2 unspecified atom stereocenters. The van der Waals surface area contributed by atoms with Crippen molar-refractivity contribution in [2.24, 2.45) is 11.8 Å². The highest BCUT2D eigenvalue weighted by molar-refractivity contribution is 5.91. The molecule has 0 bridgehead atoms. The summed E-state index contributed by atoms with van der Waals surface area (Å²) in [5.74, 6) is 6.26. The number of amides is 1. The van der Waals surface area contributed by atoms with Gasteiger partial charge >= 0.3 is 0 Å². The summed E-state index contributed by atoms with van der Waals surface area (Å²) in [5.41, 5.74) is 2.31. The molecule has 1 saturated carbocycles. The molecule has 2 fully saturated rings. The minimum Gasteiger partial charge on any atom is -0.359 e. The Morgan fingerprint density at radius 2 is 2.32 bits per heavy atom. The summed E-state index contributed by atoms with van der Waals surface area (Å²) in [6.45, 7) is 1.85. The fraction of sp³-hybridized carbons (Fsp3) is 0.692. The molecular formula is C13H20N4O2. The van der Waals surface area contributed by atoms with E-state index in [0.717, 1.165) is 24.8 Å². The van der Waals surface area contributed by atoms with Crippen molar-refractivity contribution in [2.75, 3.05) is 6.54 Å². The number of hydrogen-bond acceptors (Lipinski definition) is 5. The Bertz CT molecular complexity index is 459. The summed E-state index contributed by atoms with van der Waals surface area (Å²) in [6.07, 6.45) is 6.60. The van der Waals surface area contributed by atoms with Gasteiger partial charge in [0.1, 0.15) is 0 Å². The van der Waals surface area contributed by atoms with Crippen LogP contribution in [0.3, 0.4) is 0 Å². The van der Waals surface area contributed by atoms with E-state index in [0.29, 0.717) is 6.04 Å². The summed E-state index contributed by atoms with van der Waals surface area (Å²) in [5, 5.41) is 3.74. The number of nitrogens with one attached hydrogen (secondary N) is 1. The smallest absolute Gasteiger partial charge is 0.287 e. The number of likely N-dealkylation sites (tertiary alicyclic amines) is 1. The molecule has 2 aliphatic rings. The van der Waals surface area contributed by atoms with E-state index in [2.05, 4.69) is 15.5 Å². The first-order valence-corrected chi connectivity index (χ1v) is 6.98. The standard InChI is InChI=1S/C13H20N4O2/c14-15-13(18)11-7-10(19-16-11)8-17-6-2-4-9-3-1-5-12(9)17/h7,9,12H,1-6,8,14H2,(H,15,18). The van der Waals surface area contributed by atoms with Gasteiger partial charge in [-0.15, -0.1) is 0 Å². The quantitative estimate of drug-likeness (QED) is 0.484. The molecule has 6 heteroatoms. The number of aromatic nitrogens is 1. The number of carbonyl (C=O) groups is 1. The van der Waals surface area contributed by atoms with Crippen molar-refractivity contribution in [2.45, 2.75) is 44.7 Å². The van der Waals surface area contributed by atoms with Crippen molar-refractivity contribution >= 4 is 5.91 Å². The van der Waals surface area contributed by atoms with E-state index in [4.69, 9.17) is 10.4 Å². The van der Waals surface area contributed by atoms with Gasteiger partial charge in [-0.3, -0.25) is 15.1 Å². The summed E-state index contributed by atoms with van der Waals surface area (Å²) < 4.78 is 5.23. The van der Waals surface area contributed by atoms with E-state index in [9.17, 15) is 4.79 Å². The van der Waals surface area contributed by atoms with Gasteiger partial charge in [-0.25, -0.2) is 5.84 Å². The number of rotatable bonds is 3. The summed E-state index contributed by atoms with van der Waals surface area (Å²) in [7, 11) is 0. The third-order valence-electron chi connectivity index (χ3n) is 4.39. The van der Waals surface area contributed by atoms with Gasteiger partial charge in [0.15, 0.2) is 11.5 Å². The van der Waals surface area contributed by atoms with E-state index in [1.807, 2.05) is 0 Å². The van der Waals surface area contributed by atoms with E-state index in [-0.39, 0.29) is 5.69 Å². The lowest BCUT2D eigenvalue weighted by Crippen LogP contribution is -2.41. The molecular weight excluding hydrogens is 244 g/mol. The highest BCUT2D eigenvalue weighted by atomic mass is 16.5. The SMILES string of the molecule is NNC(=O)c1cc(CN2CCCC3CCCC32)on1. The van der Waals surface area contributed by atoms with Crippen LogP contribution in [0.25, 0.3) is 0 Å². The maximum atomic E-state index is 11.3. The van der Waals surface area contributed by atoms with E-state index in [1.54, 1.807) is 6.07 Å². The molecule has 6 nitrogen and oxygen atoms in total. The number of piperidine rings is 1. The van der Waals surface area contributed by atoms with Crippen LogP contribution in [0.5, 0.6) is 0 Å². The summed E-state index contributed by atoms with van der Waals surface area (Å²) in [4.78, 5) is 13.8. The number of hydrogen-bond donors (Lipinski definition) is 2. The number of hydrazine groups is 1. The van der Waals surface area contributed by atoms with Gasteiger partial charge in [-0.05, 0) is 38.1 Å². The van der Waals surface area contributed by atoms with Crippen molar-refractivity contribution in [3.8, 4) is 0 Å². The van der Waals surface area contributed by atoms with Gasteiger partial charge in [0.2, 0.25) is 0 Å². The summed E-state index contributed by atoms with van der Waals surface area (Å²) in [6, 6.07) is 2.37. The normalized spacial score (nSPS) is 27.2. The first-order chi connectivity index (χ1) is 9.28. The lowest BCUT2D eigenvalue weighted by atomic mass is 9.92. The third kappa shape index (κ3) is 2.50. The van der Waals surface area contributed by atoms with Gasteiger partial charge in [0.25, 0.3) is 5.91 Å². The third-order valence-corrected chi connectivity index (χ3v) is 4.39. The van der Waals surface area contributed by atoms with Crippen molar-refractivity contribution in [1.29, 1.82) is 0 Å². The minimum absolute atomic E-state index is 0.248. The molecule has 2 atom stereocenters. The second-order valence-corrected chi connectivity index (χ2v) is 5.52. The van der Waals surface area contributed by atoms with Crippen LogP contribution in [0.15, 0.2) is 10.6 Å². The van der Waals surface area contributed by atoms with Crippen LogP contribution in [0.4, 0.5) is 0 Å². The van der Waals surface area contributed by atoms with Crippen LogP contribution >= 0.6 is 0 Å². The molecule has 1 aromatic heterocycles. The van der Waals surface area contributed by atoms with Gasteiger partial charge in [0, 0.05) is 12.1 Å². The lowest BCUT2D eigenvalue weighted by Gasteiger charge is -2.37. The second-order valence-electron chi connectivity index (χ2n) is 5.52. The fourth-order valence-electron chi connectivity index (χ4n) is 3.52.